The topological polar surface area (TPSA) is 45.7 Å². The standard InChI is InChI=1S/C17H15NO2/c1-11-3-6-13(7-4-11)17-10-15(18-19)14-9-12(2)5-8-16(14)20-17/h3-10,19H,1-2H3/b18-15+. The van der Waals surface area contributed by atoms with Crippen molar-refractivity contribution in [1.82, 2.24) is 0 Å². The summed E-state index contributed by atoms with van der Waals surface area (Å²) in [5, 5.41) is 13.9. The van der Waals surface area contributed by atoms with Crippen LogP contribution in [0.5, 0.6) is 0 Å². The van der Waals surface area contributed by atoms with E-state index in [2.05, 4.69) is 5.16 Å². The SMILES string of the molecule is Cc1ccc(-c2c/c(=N\O)c3cc(C)ccc3o2)cc1. The molecule has 1 aromatic heterocycles. The van der Waals surface area contributed by atoms with Gasteiger partial charge in [-0.1, -0.05) is 46.6 Å². The van der Waals surface area contributed by atoms with Crippen molar-refractivity contribution in [3.8, 4) is 11.3 Å². The fourth-order valence-corrected chi connectivity index (χ4v) is 2.23. The number of hydrogen-bond donors (Lipinski definition) is 1. The van der Waals surface area contributed by atoms with Crippen molar-refractivity contribution in [3.63, 3.8) is 0 Å². The lowest BCUT2D eigenvalue weighted by molar-refractivity contribution is 0.302. The van der Waals surface area contributed by atoms with Crippen LogP contribution in [0.3, 0.4) is 0 Å². The van der Waals surface area contributed by atoms with Crippen LogP contribution in [-0.4, -0.2) is 5.21 Å². The molecule has 0 radical (unpaired) electrons. The summed E-state index contributed by atoms with van der Waals surface area (Å²) in [4.78, 5) is 0. The Morgan fingerprint density at radius 3 is 2.30 bits per heavy atom. The molecule has 0 saturated carbocycles. The summed E-state index contributed by atoms with van der Waals surface area (Å²) in [6.07, 6.45) is 0. The minimum Gasteiger partial charge on any atom is -0.456 e. The van der Waals surface area contributed by atoms with Crippen molar-refractivity contribution in [2.75, 3.05) is 0 Å². The molecule has 1 heterocycles. The summed E-state index contributed by atoms with van der Waals surface area (Å²) >= 11 is 0. The third kappa shape index (κ3) is 2.18. The van der Waals surface area contributed by atoms with E-state index in [0.29, 0.717) is 16.7 Å². The minimum atomic E-state index is 0.519. The molecule has 0 atom stereocenters. The summed E-state index contributed by atoms with van der Waals surface area (Å²) in [5.74, 6) is 0.689. The first-order chi connectivity index (χ1) is 9.67. The Morgan fingerprint density at radius 2 is 1.60 bits per heavy atom. The molecule has 100 valence electrons. The van der Waals surface area contributed by atoms with Crippen LogP contribution in [0.25, 0.3) is 22.3 Å². The largest absolute Gasteiger partial charge is 0.456 e. The van der Waals surface area contributed by atoms with Gasteiger partial charge in [-0.25, -0.2) is 0 Å². The lowest BCUT2D eigenvalue weighted by Crippen LogP contribution is -2.03. The fourth-order valence-electron chi connectivity index (χ4n) is 2.23. The number of rotatable bonds is 1. The van der Waals surface area contributed by atoms with E-state index >= 15 is 0 Å². The summed E-state index contributed by atoms with van der Waals surface area (Å²) in [7, 11) is 0. The average Bonchev–Trinajstić information content (AvgIpc) is 2.47. The highest BCUT2D eigenvalue weighted by Gasteiger charge is 2.06. The Kier molecular flexibility index (Phi) is 3.03. The maximum Gasteiger partial charge on any atom is 0.137 e. The summed E-state index contributed by atoms with van der Waals surface area (Å²) < 4.78 is 5.91. The van der Waals surface area contributed by atoms with Gasteiger partial charge in [-0.2, -0.15) is 0 Å². The van der Waals surface area contributed by atoms with Gasteiger partial charge in [-0.3, -0.25) is 0 Å². The molecule has 20 heavy (non-hydrogen) atoms. The Labute approximate surface area is 116 Å². The normalized spacial score (nSPS) is 12.0. The minimum absolute atomic E-state index is 0.519. The molecule has 0 spiro atoms. The third-order valence-corrected chi connectivity index (χ3v) is 3.34. The smallest absolute Gasteiger partial charge is 0.137 e. The van der Waals surface area contributed by atoms with Crippen molar-refractivity contribution >= 4 is 11.0 Å². The predicted molar refractivity (Wildman–Crippen MR) is 78.5 cm³/mol. The zero-order chi connectivity index (χ0) is 14.1. The Hall–Kier alpha value is -2.55. The van der Waals surface area contributed by atoms with Gasteiger partial charge in [0.1, 0.15) is 16.7 Å². The van der Waals surface area contributed by atoms with E-state index < -0.39 is 0 Å². The van der Waals surface area contributed by atoms with Crippen molar-refractivity contribution < 1.29 is 9.62 Å². The van der Waals surface area contributed by atoms with E-state index in [4.69, 9.17) is 4.42 Å². The van der Waals surface area contributed by atoms with E-state index in [1.807, 2.05) is 56.3 Å². The molecule has 3 heteroatoms. The first-order valence-corrected chi connectivity index (χ1v) is 6.47. The maximum atomic E-state index is 9.23. The average molecular weight is 265 g/mol. The number of benzene rings is 2. The van der Waals surface area contributed by atoms with Crippen LogP contribution < -0.4 is 5.36 Å². The lowest BCUT2D eigenvalue weighted by atomic mass is 10.1. The third-order valence-electron chi connectivity index (χ3n) is 3.34. The van der Waals surface area contributed by atoms with Gasteiger partial charge in [0.05, 0.1) is 0 Å². The molecule has 0 amide bonds. The molecule has 0 saturated heterocycles. The number of hydrogen-bond acceptors (Lipinski definition) is 3. The van der Waals surface area contributed by atoms with E-state index in [1.165, 1.54) is 5.56 Å². The first-order valence-electron chi connectivity index (χ1n) is 6.47. The molecule has 1 N–H and O–H groups in total. The number of aryl methyl sites for hydroxylation is 2. The van der Waals surface area contributed by atoms with E-state index in [9.17, 15) is 5.21 Å². The fraction of sp³-hybridized carbons (Fsp3) is 0.118. The van der Waals surface area contributed by atoms with Crippen molar-refractivity contribution in [2.24, 2.45) is 5.16 Å². The van der Waals surface area contributed by atoms with Gasteiger partial charge in [0, 0.05) is 17.0 Å². The molecule has 3 nitrogen and oxygen atoms in total. The van der Waals surface area contributed by atoms with Crippen LogP contribution in [0.1, 0.15) is 11.1 Å². The van der Waals surface area contributed by atoms with Gasteiger partial charge in [0.25, 0.3) is 0 Å². The van der Waals surface area contributed by atoms with Crippen LogP contribution in [0.4, 0.5) is 0 Å². The van der Waals surface area contributed by atoms with Crippen molar-refractivity contribution in [2.45, 2.75) is 13.8 Å². The van der Waals surface area contributed by atoms with Crippen LogP contribution in [0.2, 0.25) is 0 Å². The van der Waals surface area contributed by atoms with E-state index in [-0.39, 0.29) is 0 Å². The second-order valence-electron chi connectivity index (χ2n) is 4.96. The molecule has 0 aliphatic heterocycles. The Morgan fingerprint density at radius 1 is 0.900 bits per heavy atom. The molecule has 3 aromatic rings. The Balaban J connectivity index is 2.28. The van der Waals surface area contributed by atoms with Gasteiger partial charge >= 0.3 is 0 Å². The molecule has 0 bridgehead atoms. The number of nitrogens with zero attached hydrogens (tertiary/aromatic N) is 1. The first kappa shape index (κ1) is 12.5. The highest BCUT2D eigenvalue weighted by atomic mass is 16.4. The Bertz CT molecular complexity index is 830. The second kappa shape index (κ2) is 4.85. The lowest BCUT2D eigenvalue weighted by Gasteiger charge is -2.05. The molecule has 2 aromatic carbocycles. The van der Waals surface area contributed by atoms with Gasteiger partial charge < -0.3 is 9.62 Å². The van der Waals surface area contributed by atoms with Crippen LogP contribution in [0.15, 0.2) is 58.1 Å². The highest BCUT2D eigenvalue weighted by molar-refractivity contribution is 5.79. The van der Waals surface area contributed by atoms with Gasteiger partial charge in [0.2, 0.25) is 0 Å². The second-order valence-corrected chi connectivity index (χ2v) is 4.96. The molecular weight excluding hydrogens is 250 g/mol. The van der Waals surface area contributed by atoms with Gasteiger partial charge in [0.15, 0.2) is 0 Å². The number of fused-ring (bicyclic) bond motifs is 1. The molecule has 0 aliphatic rings. The van der Waals surface area contributed by atoms with Crippen LogP contribution in [0, 0.1) is 13.8 Å². The molecule has 0 aliphatic carbocycles. The zero-order valence-electron chi connectivity index (χ0n) is 11.4. The summed E-state index contributed by atoms with van der Waals surface area (Å²) in [5.41, 5.74) is 3.96. The van der Waals surface area contributed by atoms with E-state index in [1.54, 1.807) is 6.07 Å². The summed E-state index contributed by atoms with van der Waals surface area (Å²) in [6, 6.07) is 15.6. The molecular formula is C17H15NO2. The van der Waals surface area contributed by atoms with Crippen LogP contribution >= 0.6 is 0 Å². The predicted octanol–water partition coefficient (Wildman–Crippen LogP) is 4.01. The molecule has 3 rings (SSSR count). The highest BCUT2D eigenvalue weighted by Crippen LogP contribution is 2.23. The van der Waals surface area contributed by atoms with Crippen molar-refractivity contribution in [3.05, 3.63) is 65.0 Å². The zero-order valence-corrected chi connectivity index (χ0v) is 11.4. The maximum absolute atomic E-state index is 9.23. The molecule has 0 unspecified atom stereocenters. The summed E-state index contributed by atoms with van der Waals surface area (Å²) in [6.45, 7) is 4.03. The monoisotopic (exact) mass is 265 g/mol. The van der Waals surface area contributed by atoms with Gasteiger partial charge in [-0.05, 0) is 26.0 Å². The van der Waals surface area contributed by atoms with Crippen molar-refractivity contribution in [1.29, 1.82) is 0 Å². The molecule has 0 fully saturated rings. The van der Waals surface area contributed by atoms with Crippen LogP contribution in [-0.2, 0) is 0 Å². The quantitative estimate of drug-likeness (QED) is 0.534. The van der Waals surface area contributed by atoms with Gasteiger partial charge in [-0.15, -0.1) is 0 Å². The van der Waals surface area contributed by atoms with E-state index in [0.717, 1.165) is 16.5 Å².